The highest BCUT2D eigenvalue weighted by Gasteiger charge is 2.25. The van der Waals surface area contributed by atoms with Crippen molar-refractivity contribution in [2.45, 2.75) is 102 Å². The Labute approximate surface area is 148 Å². The average Bonchev–Trinajstić information content (AvgIpc) is 2.76. The fraction of sp³-hybridized carbons (Fsp3) is 0.727. The number of phenolic OH excluding ortho intramolecular Hbond substituents is 1. The van der Waals surface area contributed by atoms with Crippen molar-refractivity contribution >= 4 is 0 Å². The molecule has 1 aromatic carbocycles. The van der Waals surface area contributed by atoms with Crippen LogP contribution in [0.2, 0.25) is 0 Å². The summed E-state index contributed by atoms with van der Waals surface area (Å²) in [5.41, 5.74) is 2.36. The zero-order chi connectivity index (χ0) is 17.6. The van der Waals surface area contributed by atoms with Gasteiger partial charge >= 0.3 is 0 Å². The largest absolute Gasteiger partial charge is 0.508 e. The Hall–Kier alpha value is -1.02. The Bertz CT molecular complexity index is 507. The summed E-state index contributed by atoms with van der Waals surface area (Å²) in [4.78, 5) is 0. The van der Waals surface area contributed by atoms with Gasteiger partial charge in [0.25, 0.3) is 0 Å². The quantitative estimate of drug-likeness (QED) is 0.471. The summed E-state index contributed by atoms with van der Waals surface area (Å²) in [6.07, 6.45) is 11.1. The zero-order valence-corrected chi connectivity index (χ0v) is 15.9. The number of aliphatic hydroxyl groups excluding tert-OH is 1. The van der Waals surface area contributed by atoms with E-state index in [-0.39, 0.29) is 11.5 Å². The van der Waals surface area contributed by atoms with E-state index < -0.39 is 0 Å². The molecule has 0 saturated heterocycles. The third kappa shape index (κ3) is 5.24. The number of hydrogen-bond acceptors (Lipinski definition) is 2. The van der Waals surface area contributed by atoms with E-state index in [2.05, 4.69) is 32.9 Å². The number of unbranched alkanes of at least 4 members (excludes halogenated alkanes) is 3. The summed E-state index contributed by atoms with van der Waals surface area (Å²) in [7, 11) is 0. The van der Waals surface area contributed by atoms with Crippen LogP contribution in [0.3, 0.4) is 0 Å². The van der Waals surface area contributed by atoms with Crippen molar-refractivity contribution in [1.29, 1.82) is 0 Å². The summed E-state index contributed by atoms with van der Waals surface area (Å²) in [5, 5.41) is 20.7. The molecule has 1 saturated carbocycles. The first-order valence-electron chi connectivity index (χ1n) is 9.95. The second kappa shape index (κ2) is 8.89. The molecular weight excluding hydrogens is 296 g/mol. The zero-order valence-electron chi connectivity index (χ0n) is 15.9. The fourth-order valence-electron chi connectivity index (χ4n) is 4.07. The highest BCUT2D eigenvalue weighted by molar-refractivity contribution is 5.41. The first-order chi connectivity index (χ1) is 11.4. The molecule has 24 heavy (non-hydrogen) atoms. The lowest BCUT2D eigenvalue weighted by Gasteiger charge is -2.27. The van der Waals surface area contributed by atoms with E-state index in [0.717, 1.165) is 44.1 Å². The normalized spacial score (nSPS) is 22.3. The van der Waals surface area contributed by atoms with Gasteiger partial charge in [-0.3, -0.25) is 0 Å². The van der Waals surface area contributed by atoms with Crippen molar-refractivity contribution in [3.8, 4) is 5.75 Å². The molecule has 0 unspecified atom stereocenters. The van der Waals surface area contributed by atoms with Gasteiger partial charge < -0.3 is 10.2 Å². The molecule has 2 nitrogen and oxygen atoms in total. The standard InChI is InChI=1S/C22H36O2/c1-4-5-6-9-14-22(2,3)18-12-13-20(21(24)16-18)17-10-7-8-11-19(23)15-17/h12-13,16-17,19,23-24H,4-11,14-15H2,1-3H3/t17-,19+/m1/s1. The molecule has 0 aromatic heterocycles. The van der Waals surface area contributed by atoms with Gasteiger partial charge in [0.05, 0.1) is 6.10 Å². The van der Waals surface area contributed by atoms with E-state index in [1.807, 2.05) is 6.07 Å². The van der Waals surface area contributed by atoms with Gasteiger partial charge in [0.2, 0.25) is 0 Å². The molecule has 0 bridgehead atoms. The average molecular weight is 333 g/mol. The number of benzene rings is 1. The Morgan fingerprint density at radius 3 is 2.54 bits per heavy atom. The highest BCUT2D eigenvalue weighted by atomic mass is 16.3. The van der Waals surface area contributed by atoms with Crippen LogP contribution < -0.4 is 0 Å². The molecule has 2 N–H and O–H groups in total. The molecule has 0 heterocycles. The van der Waals surface area contributed by atoms with Crippen molar-refractivity contribution in [3.05, 3.63) is 29.3 Å². The molecule has 136 valence electrons. The molecule has 2 heteroatoms. The van der Waals surface area contributed by atoms with Crippen LogP contribution in [0.15, 0.2) is 18.2 Å². The van der Waals surface area contributed by atoms with Crippen molar-refractivity contribution < 1.29 is 10.2 Å². The summed E-state index contributed by atoms with van der Waals surface area (Å²) in [6, 6.07) is 6.29. The lowest BCUT2D eigenvalue weighted by atomic mass is 9.78. The molecule has 0 aliphatic heterocycles. The molecule has 1 aromatic rings. The van der Waals surface area contributed by atoms with Gasteiger partial charge in [0, 0.05) is 0 Å². The maximum absolute atomic E-state index is 10.6. The van der Waals surface area contributed by atoms with Gasteiger partial charge in [-0.15, -0.1) is 0 Å². The molecule has 1 fully saturated rings. The molecule has 0 spiro atoms. The minimum atomic E-state index is -0.216. The second-order valence-corrected chi connectivity index (χ2v) is 8.34. The fourth-order valence-corrected chi connectivity index (χ4v) is 4.07. The van der Waals surface area contributed by atoms with Gasteiger partial charge in [-0.1, -0.05) is 71.4 Å². The van der Waals surface area contributed by atoms with Crippen molar-refractivity contribution in [1.82, 2.24) is 0 Å². The van der Waals surface area contributed by atoms with Crippen LogP contribution in [0.5, 0.6) is 5.75 Å². The minimum absolute atomic E-state index is 0.104. The van der Waals surface area contributed by atoms with E-state index in [9.17, 15) is 10.2 Å². The molecule has 0 amide bonds. The number of aliphatic hydroxyl groups is 1. The van der Waals surface area contributed by atoms with E-state index in [4.69, 9.17) is 0 Å². The summed E-state index contributed by atoms with van der Waals surface area (Å²) >= 11 is 0. The van der Waals surface area contributed by atoms with E-state index in [1.165, 1.54) is 31.2 Å². The Morgan fingerprint density at radius 1 is 1.08 bits per heavy atom. The first kappa shape index (κ1) is 19.3. The number of phenols is 1. The predicted octanol–water partition coefficient (Wildman–Crippen LogP) is 6.05. The van der Waals surface area contributed by atoms with Crippen LogP contribution in [-0.4, -0.2) is 16.3 Å². The van der Waals surface area contributed by atoms with Crippen LogP contribution in [0.25, 0.3) is 0 Å². The van der Waals surface area contributed by atoms with Crippen LogP contribution in [0.4, 0.5) is 0 Å². The smallest absolute Gasteiger partial charge is 0.119 e. The van der Waals surface area contributed by atoms with Crippen molar-refractivity contribution in [2.24, 2.45) is 0 Å². The predicted molar refractivity (Wildman–Crippen MR) is 102 cm³/mol. The van der Waals surface area contributed by atoms with Crippen LogP contribution in [0, 0.1) is 0 Å². The minimum Gasteiger partial charge on any atom is -0.508 e. The van der Waals surface area contributed by atoms with Crippen molar-refractivity contribution in [3.63, 3.8) is 0 Å². The summed E-state index contributed by atoms with van der Waals surface area (Å²) < 4.78 is 0. The lowest BCUT2D eigenvalue weighted by molar-refractivity contribution is 0.151. The second-order valence-electron chi connectivity index (χ2n) is 8.34. The monoisotopic (exact) mass is 332 g/mol. The molecule has 1 aliphatic carbocycles. The maximum atomic E-state index is 10.6. The SMILES string of the molecule is CCCCCCC(C)(C)c1ccc([C@@H]2CCCC[C@H](O)C2)c(O)c1. The van der Waals surface area contributed by atoms with Gasteiger partial charge in [-0.05, 0) is 54.2 Å². The van der Waals surface area contributed by atoms with Crippen LogP contribution in [0.1, 0.15) is 102 Å². The third-order valence-corrected chi connectivity index (χ3v) is 5.80. The summed E-state index contributed by atoms with van der Waals surface area (Å²) in [5.74, 6) is 0.720. The lowest BCUT2D eigenvalue weighted by Crippen LogP contribution is -2.17. The Morgan fingerprint density at radius 2 is 1.83 bits per heavy atom. The van der Waals surface area contributed by atoms with E-state index in [0.29, 0.717) is 11.7 Å². The molecular formula is C22H36O2. The van der Waals surface area contributed by atoms with E-state index >= 15 is 0 Å². The molecule has 1 aliphatic rings. The molecule has 2 rings (SSSR count). The van der Waals surface area contributed by atoms with Gasteiger partial charge in [-0.2, -0.15) is 0 Å². The van der Waals surface area contributed by atoms with E-state index in [1.54, 1.807) is 0 Å². The highest BCUT2D eigenvalue weighted by Crippen LogP contribution is 2.39. The topological polar surface area (TPSA) is 40.5 Å². The maximum Gasteiger partial charge on any atom is 0.119 e. The number of rotatable bonds is 7. The van der Waals surface area contributed by atoms with Gasteiger partial charge in [0.1, 0.15) is 5.75 Å². The Kier molecular flexibility index (Phi) is 7.16. The Balaban J connectivity index is 2.07. The van der Waals surface area contributed by atoms with Crippen molar-refractivity contribution in [2.75, 3.05) is 0 Å². The third-order valence-electron chi connectivity index (χ3n) is 5.80. The van der Waals surface area contributed by atoms with Crippen LogP contribution in [-0.2, 0) is 5.41 Å². The van der Waals surface area contributed by atoms with Crippen LogP contribution >= 0.6 is 0 Å². The summed E-state index contributed by atoms with van der Waals surface area (Å²) in [6.45, 7) is 6.80. The van der Waals surface area contributed by atoms with Gasteiger partial charge in [-0.25, -0.2) is 0 Å². The molecule has 0 radical (unpaired) electrons. The molecule has 2 atom stereocenters. The number of aromatic hydroxyl groups is 1. The van der Waals surface area contributed by atoms with Gasteiger partial charge in [0.15, 0.2) is 0 Å². The number of hydrogen-bond donors (Lipinski definition) is 2. The first-order valence-corrected chi connectivity index (χ1v) is 9.95.